The van der Waals surface area contributed by atoms with Gasteiger partial charge < -0.3 is 19.9 Å². The summed E-state index contributed by atoms with van der Waals surface area (Å²) in [6, 6.07) is 20.7. The Bertz CT molecular complexity index is 832. The van der Waals surface area contributed by atoms with E-state index >= 15 is 0 Å². The Morgan fingerprint density at radius 1 is 1.00 bits per heavy atom. The maximum absolute atomic E-state index is 12.5. The first-order chi connectivity index (χ1) is 15.7. The molecule has 4 rings (SSSR count). The van der Waals surface area contributed by atoms with Crippen molar-refractivity contribution in [3.63, 3.8) is 0 Å². The minimum atomic E-state index is -0.507. The van der Waals surface area contributed by atoms with Crippen LogP contribution < -0.4 is 5.32 Å². The minimum absolute atomic E-state index is 0.0349. The predicted molar refractivity (Wildman–Crippen MR) is 123 cm³/mol. The van der Waals surface area contributed by atoms with Gasteiger partial charge >= 0.3 is 0 Å². The predicted octanol–water partition coefficient (Wildman–Crippen LogP) is 2.54. The van der Waals surface area contributed by atoms with Crippen LogP contribution >= 0.6 is 0 Å². The Labute approximate surface area is 190 Å². The molecule has 172 valence electrons. The molecular weight excluding hydrogens is 404 g/mol. The molecule has 2 aromatic carbocycles. The summed E-state index contributed by atoms with van der Waals surface area (Å²) >= 11 is 0. The van der Waals surface area contributed by atoms with E-state index in [4.69, 9.17) is 9.47 Å². The fraction of sp³-hybridized carbons (Fsp3) is 0.500. The zero-order valence-electron chi connectivity index (χ0n) is 18.6. The van der Waals surface area contributed by atoms with Crippen LogP contribution in [0, 0.1) is 0 Å². The maximum atomic E-state index is 12.5. The fourth-order valence-corrected chi connectivity index (χ4v) is 4.72. The van der Waals surface area contributed by atoms with Gasteiger partial charge in [-0.3, -0.25) is 9.69 Å². The van der Waals surface area contributed by atoms with Crippen molar-refractivity contribution >= 4 is 5.91 Å². The van der Waals surface area contributed by atoms with E-state index in [1.807, 2.05) is 36.4 Å². The highest BCUT2D eigenvalue weighted by molar-refractivity contribution is 5.76. The molecule has 0 saturated carbocycles. The molecule has 32 heavy (non-hydrogen) atoms. The van der Waals surface area contributed by atoms with Crippen molar-refractivity contribution in [2.45, 2.75) is 56.6 Å². The lowest BCUT2D eigenvalue weighted by molar-refractivity contribution is -0.158. The molecule has 6 heteroatoms. The van der Waals surface area contributed by atoms with Crippen LogP contribution in [-0.4, -0.2) is 66.6 Å². The van der Waals surface area contributed by atoms with E-state index < -0.39 is 6.10 Å². The van der Waals surface area contributed by atoms with Gasteiger partial charge in [0.2, 0.25) is 5.91 Å². The van der Waals surface area contributed by atoms with E-state index in [0.717, 1.165) is 25.8 Å². The average molecular weight is 439 g/mol. The van der Waals surface area contributed by atoms with E-state index in [1.54, 1.807) is 0 Å². The Morgan fingerprint density at radius 3 is 2.47 bits per heavy atom. The van der Waals surface area contributed by atoms with Crippen molar-refractivity contribution in [3.8, 4) is 0 Å². The lowest BCUT2D eigenvalue weighted by Gasteiger charge is -2.44. The number of benzene rings is 2. The zero-order chi connectivity index (χ0) is 22.2. The summed E-state index contributed by atoms with van der Waals surface area (Å²) in [4.78, 5) is 14.8. The fourth-order valence-electron chi connectivity index (χ4n) is 4.72. The second-order valence-electron chi connectivity index (χ2n) is 8.84. The molecule has 6 nitrogen and oxygen atoms in total. The van der Waals surface area contributed by atoms with Crippen molar-refractivity contribution in [1.82, 2.24) is 10.2 Å². The number of carbonyl (C=O) groups excluding carboxylic acids is 1. The molecule has 0 aliphatic carbocycles. The topological polar surface area (TPSA) is 71.0 Å². The molecule has 0 bridgehead atoms. The van der Waals surface area contributed by atoms with Crippen LogP contribution in [0.2, 0.25) is 0 Å². The number of amides is 1. The second-order valence-corrected chi connectivity index (χ2v) is 8.84. The number of carbonyl (C=O) groups is 1. The van der Waals surface area contributed by atoms with Crippen LogP contribution in [0.25, 0.3) is 0 Å². The lowest BCUT2D eigenvalue weighted by Crippen LogP contribution is -2.55. The summed E-state index contributed by atoms with van der Waals surface area (Å²) in [5, 5.41) is 13.4. The first-order valence-electron chi connectivity index (χ1n) is 11.7. The number of ether oxygens (including phenoxy) is 2. The highest BCUT2D eigenvalue weighted by atomic mass is 16.5. The summed E-state index contributed by atoms with van der Waals surface area (Å²) in [6.45, 7) is 2.71. The number of β-amino-alcohol motifs (C(OH)–C–C–N with tert-alkyl or cyclic N) is 1. The van der Waals surface area contributed by atoms with Gasteiger partial charge in [0, 0.05) is 25.7 Å². The van der Waals surface area contributed by atoms with Crippen molar-refractivity contribution in [2.75, 3.05) is 26.3 Å². The van der Waals surface area contributed by atoms with Gasteiger partial charge in [-0.05, 0) is 30.4 Å². The Kier molecular flexibility index (Phi) is 8.29. The summed E-state index contributed by atoms with van der Waals surface area (Å²) < 4.78 is 12.1. The van der Waals surface area contributed by atoms with Crippen LogP contribution in [0.15, 0.2) is 60.7 Å². The normalized spacial score (nSPS) is 26.5. The third-order valence-electron chi connectivity index (χ3n) is 6.31. The van der Waals surface area contributed by atoms with Crippen molar-refractivity contribution < 1.29 is 19.4 Å². The molecule has 4 atom stereocenters. The SMILES string of the molecule is O=C(C[C@@H]1CC[C@@H]2[C@H](COC[C@H](O)CN2Cc2ccccc2)O1)NCCc1ccccc1. The molecule has 2 saturated heterocycles. The largest absolute Gasteiger partial charge is 0.389 e. The van der Waals surface area contributed by atoms with Gasteiger partial charge in [-0.25, -0.2) is 0 Å². The van der Waals surface area contributed by atoms with Gasteiger partial charge in [-0.1, -0.05) is 60.7 Å². The van der Waals surface area contributed by atoms with Crippen molar-refractivity contribution in [1.29, 1.82) is 0 Å². The van der Waals surface area contributed by atoms with Gasteiger partial charge in [0.15, 0.2) is 0 Å². The van der Waals surface area contributed by atoms with Gasteiger partial charge in [-0.2, -0.15) is 0 Å². The number of nitrogens with zero attached hydrogens (tertiary/aromatic N) is 1. The number of hydrogen-bond acceptors (Lipinski definition) is 5. The van der Waals surface area contributed by atoms with Crippen LogP contribution in [-0.2, 0) is 27.2 Å². The highest BCUT2D eigenvalue weighted by Crippen LogP contribution is 2.28. The molecule has 2 aromatic rings. The van der Waals surface area contributed by atoms with E-state index in [2.05, 4.69) is 34.5 Å². The van der Waals surface area contributed by atoms with Gasteiger partial charge in [0.05, 0.1) is 37.9 Å². The molecule has 1 amide bonds. The Balaban J connectivity index is 1.30. The molecule has 0 unspecified atom stereocenters. The van der Waals surface area contributed by atoms with Crippen LogP contribution in [0.1, 0.15) is 30.4 Å². The summed E-state index contributed by atoms with van der Waals surface area (Å²) in [5.74, 6) is 0.0349. The smallest absolute Gasteiger partial charge is 0.222 e. The molecule has 2 heterocycles. The standard InChI is InChI=1S/C26H34N2O4/c29-22-17-28(16-21-9-5-2-6-10-21)24-12-11-23(32-25(24)19-31-18-22)15-26(30)27-14-13-20-7-3-1-4-8-20/h1-10,22-25,29H,11-19H2,(H,27,30)/t22-,23+,24-,25+/m1/s1. The average Bonchev–Trinajstić information content (AvgIpc) is 2.79. The van der Waals surface area contributed by atoms with Gasteiger partial charge in [0.1, 0.15) is 0 Å². The molecule has 0 radical (unpaired) electrons. The Hall–Kier alpha value is -2.25. The first kappa shape index (κ1) is 22.9. The van der Waals surface area contributed by atoms with Crippen LogP contribution in [0.5, 0.6) is 0 Å². The van der Waals surface area contributed by atoms with E-state index in [-0.39, 0.29) is 24.2 Å². The van der Waals surface area contributed by atoms with Gasteiger partial charge in [0.25, 0.3) is 0 Å². The number of fused-ring (bicyclic) bond motifs is 1. The van der Waals surface area contributed by atoms with Crippen LogP contribution in [0.3, 0.4) is 0 Å². The van der Waals surface area contributed by atoms with Gasteiger partial charge in [-0.15, -0.1) is 0 Å². The first-order valence-corrected chi connectivity index (χ1v) is 11.7. The van der Waals surface area contributed by atoms with Crippen LogP contribution in [0.4, 0.5) is 0 Å². The quantitative estimate of drug-likeness (QED) is 0.695. The number of aliphatic hydroxyl groups excluding tert-OH is 1. The molecule has 0 aromatic heterocycles. The third-order valence-corrected chi connectivity index (χ3v) is 6.31. The lowest BCUT2D eigenvalue weighted by atomic mass is 9.94. The highest BCUT2D eigenvalue weighted by Gasteiger charge is 2.37. The molecule has 0 spiro atoms. The number of aliphatic hydroxyl groups is 1. The number of nitrogens with one attached hydrogen (secondary N) is 1. The summed E-state index contributed by atoms with van der Waals surface area (Å²) in [6.07, 6.45) is 2.26. The summed E-state index contributed by atoms with van der Waals surface area (Å²) in [5.41, 5.74) is 2.44. The molecular formula is C26H34N2O4. The van der Waals surface area contributed by atoms with Crippen molar-refractivity contribution in [3.05, 3.63) is 71.8 Å². The van der Waals surface area contributed by atoms with Crippen molar-refractivity contribution in [2.24, 2.45) is 0 Å². The number of rotatable bonds is 7. The van der Waals surface area contributed by atoms with E-state index in [0.29, 0.717) is 32.7 Å². The molecule has 2 fully saturated rings. The second kappa shape index (κ2) is 11.6. The van der Waals surface area contributed by atoms with E-state index in [1.165, 1.54) is 11.1 Å². The molecule has 2 aliphatic rings. The number of hydrogen-bond donors (Lipinski definition) is 2. The Morgan fingerprint density at radius 2 is 1.72 bits per heavy atom. The minimum Gasteiger partial charge on any atom is -0.389 e. The maximum Gasteiger partial charge on any atom is 0.222 e. The monoisotopic (exact) mass is 438 g/mol. The molecule has 2 aliphatic heterocycles. The third kappa shape index (κ3) is 6.62. The zero-order valence-corrected chi connectivity index (χ0v) is 18.6. The molecule has 2 N–H and O–H groups in total. The summed E-state index contributed by atoms with van der Waals surface area (Å²) in [7, 11) is 0. The van der Waals surface area contributed by atoms with E-state index in [9.17, 15) is 9.90 Å².